The normalized spacial score (nSPS) is 16.7. The fourth-order valence-corrected chi connectivity index (χ4v) is 2.39. The number of hydrogen-bond donors (Lipinski definition) is 2. The van der Waals surface area contributed by atoms with E-state index in [-0.39, 0.29) is 5.03 Å². The second-order valence-electron chi connectivity index (χ2n) is 3.32. The second-order valence-corrected chi connectivity index (χ2v) is 4.80. The van der Waals surface area contributed by atoms with Crippen molar-refractivity contribution in [2.24, 2.45) is 5.14 Å². The molecule has 0 aromatic carbocycles. The molecular weight excluding hydrogens is 204 g/mol. The van der Waals surface area contributed by atoms with Crippen LogP contribution in [0, 0.1) is 6.92 Å². The van der Waals surface area contributed by atoms with Crippen LogP contribution in [-0.2, 0) is 23.1 Å². The van der Waals surface area contributed by atoms with Crippen molar-refractivity contribution in [2.75, 3.05) is 6.54 Å². The van der Waals surface area contributed by atoms with Gasteiger partial charge in [-0.2, -0.15) is 5.10 Å². The summed E-state index contributed by atoms with van der Waals surface area (Å²) in [6.07, 6.45) is 0. The molecule has 2 rings (SSSR count). The monoisotopic (exact) mass is 216 g/mol. The molecule has 0 saturated carbocycles. The number of nitrogens with two attached hydrogens (primary N) is 1. The number of fused-ring (bicyclic) bond motifs is 1. The summed E-state index contributed by atoms with van der Waals surface area (Å²) >= 11 is 0. The molecule has 78 valence electrons. The topological polar surface area (TPSA) is 90.0 Å². The lowest BCUT2D eigenvalue weighted by Gasteiger charge is -2.14. The summed E-state index contributed by atoms with van der Waals surface area (Å²) in [6, 6.07) is 0. The molecule has 0 bridgehead atoms. The van der Waals surface area contributed by atoms with Crippen LogP contribution in [0.1, 0.15) is 11.3 Å². The molecule has 0 radical (unpaired) electrons. The van der Waals surface area contributed by atoms with Gasteiger partial charge in [-0.1, -0.05) is 0 Å². The van der Waals surface area contributed by atoms with Gasteiger partial charge in [-0.25, -0.2) is 13.6 Å². The molecule has 2 heterocycles. The van der Waals surface area contributed by atoms with Crippen molar-refractivity contribution < 1.29 is 8.42 Å². The highest BCUT2D eigenvalue weighted by molar-refractivity contribution is 7.89. The first-order valence-corrected chi connectivity index (χ1v) is 5.84. The van der Waals surface area contributed by atoms with Crippen molar-refractivity contribution >= 4 is 10.0 Å². The first kappa shape index (κ1) is 9.63. The summed E-state index contributed by atoms with van der Waals surface area (Å²) in [5.41, 5.74) is 1.56. The number of nitrogens with zero attached hydrogens (tertiary/aromatic N) is 2. The zero-order chi connectivity index (χ0) is 10.3. The molecular formula is C7H12N4O2S. The highest BCUT2D eigenvalue weighted by atomic mass is 32.2. The van der Waals surface area contributed by atoms with E-state index >= 15 is 0 Å². The van der Waals surface area contributed by atoms with E-state index in [2.05, 4.69) is 10.4 Å². The predicted molar refractivity (Wildman–Crippen MR) is 50.0 cm³/mol. The maximum Gasteiger partial charge on any atom is 0.257 e. The fourth-order valence-electron chi connectivity index (χ4n) is 1.63. The molecule has 0 fully saturated rings. The first-order chi connectivity index (χ1) is 6.50. The number of sulfonamides is 1. The number of hydrogen-bond acceptors (Lipinski definition) is 4. The van der Waals surface area contributed by atoms with Crippen LogP contribution in [-0.4, -0.2) is 24.7 Å². The molecule has 1 aliphatic rings. The van der Waals surface area contributed by atoms with Crippen molar-refractivity contribution in [3.8, 4) is 0 Å². The van der Waals surface area contributed by atoms with Gasteiger partial charge in [0, 0.05) is 18.7 Å². The maximum absolute atomic E-state index is 11.2. The Morgan fingerprint density at radius 3 is 2.86 bits per heavy atom. The van der Waals surface area contributed by atoms with Crippen LogP contribution in [0.5, 0.6) is 0 Å². The summed E-state index contributed by atoms with van der Waals surface area (Å²) in [5.74, 6) is 0. The SMILES string of the molecule is Cc1c(S(N)(=O)=O)nn2c1CNCC2. The summed E-state index contributed by atoms with van der Waals surface area (Å²) in [5, 5.41) is 12.2. The molecule has 1 aromatic heterocycles. The molecule has 1 aromatic rings. The third-order valence-electron chi connectivity index (χ3n) is 2.34. The predicted octanol–water partition coefficient (Wildman–Crippen LogP) is -1.06. The Hall–Kier alpha value is -0.920. The largest absolute Gasteiger partial charge is 0.309 e. The van der Waals surface area contributed by atoms with E-state index in [0.717, 1.165) is 12.2 Å². The third-order valence-corrected chi connectivity index (χ3v) is 3.27. The van der Waals surface area contributed by atoms with Gasteiger partial charge in [0.1, 0.15) is 0 Å². The summed E-state index contributed by atoms with van der Waals surface area (Å²) in [6.45, 7) is 3.86. The first-order valence-electron chi connectivity index (χ1n) is 4.30. The maximum atomic E-state index is 11.2. The van der Waals surface area contributed by atoms with Gasteiger partial charge in [0.05, 0.1) is 12.2 Å². The Bertz CT molecular complexity index is 462. The standard InChI is InChI=1S/C7H12N4O2S/c1-5-6-4-9-2-3-11(6)10-7(5)14(8,12)13/h9H,2-4H2,1H3,(H2,8,12,13). The Balaban J connectivity index is 2.60. The average molecular weight is 216 g/mol. The quantitative estimate of drug-likeness (QED) is 0.626. The van der Waals surface area contributed by atoms with Crippen LogP contribution in [0.3, 0.4) is 0 Å². The van der Waals surface area contributed by atoms with Gasteiger partial charge >= 0.3 is 0 Å². The van der Waals surface area contributed by atoms with Gasteiger partial charge in [0.15, 0.2) is 5.03 Å². The zero-order valence-electron chi connectivity index (χ0n) is 7.82. The van der Waals surface area contributed by atoms with Crippen molar-refractivity contribution in [3.63, 3.8) is 0 Å². The number of nitrogens with one attached hydrogen (secondary N) is 1. The van der Waals surface area contributed by atoms with Crippen LogP contribution in [0.4, 0.5) is 0 Å². The summed E-state index contributed by atoms with van der Waals surface area (Å²) in [4.78, 5) is 0. The molecule has 0 amide bonds. The van der Waals surface area contributed by atoms with Crippen molar-refractivity contribution in [2.45, 2.75) is 25.0 Å². The lowest BCUT2D eigenvalue weighted by molar-refractivity contribution is 0.469. The third kappa shape index (κ3) is 1.43. The minimum absolute atomic E-state index is 0.00352. The van der Waals surface area contributed by atoms with Gasteiger partial charge in [-0.3, -0.25) is 4.68 Å². The molecule has 0 saturated heterocycles. The Labute approximate surface area is 82.1 Å². The van der Waals surface area contributed by atoms with Crippen LogP contribution in [0.15, 0.2) is 5.03 Å². The van der Waals surface area contributed by atoms with Gasteiger partial charge in [-0.15, -0.1) is 0 Å². The van der Waals surface area contributed by atoms with Crippen LogP contribution in [0.2, 0.25) is 0 Å². The Morgan fingerprint density at radius 1 is 1.57 bits per heavy atom. The van der Waals surface area contributed by atoms with Gasteiger partial charge in [-0.05, 0) is 6.92 Å². The van der Waals surface area contributed by atoms with E-state index < -0.39 is 10.0 Å². The van der Waals surface area contributed by atoms with E-state index in [1.165, 1.54) is 0 Å². The fraction of sp³-hybridized carbons (Fsp3) is 0.571. The van der Waals surface area contributed by atoms with Crippen molar-refractivity contribution in [3.05, 3.63) is 11.3 Å². The van der Waals surface area contributed by atoms with Gasteiger partial charge in [0.2, 0.25) is 0 Å². The lowest BCUT2D eigenvalue weighted by atomic mass is 10.2. The lowest BCUT2D eigenvalue weighted by Crippen LogP contribution is -2.28. The van der Waals surface area contributed by atoms with E-state index in [1.807, 2.05) is 0 Å². The van der Waals surface area contributed by atoms with E-state index in [4.69, 9.17) is 5.14 Å². The summed E-state index contributed by atoms with van der Waals surface area (Å²) < 4.78 is 24.0. The van der Waals surface area contributed by atoms with Crippen molar-refractivity contribution in [1.82, 2.24) is 15.1 Å². The molecule has 0 aliphatic carbocycles. The average Bonchev–Trinajstić information content (AvgIpc) is 2.44. The number of aromatic nitrogens is 2. The molecule has 0 spiro atoms. The minimum Gasteiger partial charge on any atom is -0.309 e. The van der Waals surface area contributed by atoms with Gasteiger partial charge in [0.25, 0.3) is 10.0 Å². The van der Waals surface area contributed by atoms with Crippen LogP contribution < -0.4 is 10.5 Å². The number of primary sulfonamides is 1. The highest BCUT2D eigenvalue weighted by Crippen LogP contribution is 2.18. The van der Waals surface area contributed by atoms with Crippen molar-refractivity contribution in [1.29, 1.82) is 0 Å². The molecule has 0 atom stereocenters. The second kappa shape index (κ2) is 3.04. The molecule has 0 unspecified atom stereocenters. The van der Waals surface area contributed by atoms with Gasteiger partial charge < -0.3 is 5.32 Å². The highest BCUT2D eigenvalue weighted by Gasteiger charge is 2.23. The molecule has 6 nitrogen and oxygen atoms in total. The van der Waals surface area contributed by atoms with Crippen LogP contribution in [0.25, 0.3) is 0 Å². The molecule has 14 heavy (non-hydrogen) atoms. The summed E-state index contributed by atoms with van der Waals surface area (Å²) in [7, 11) is -3.69. The van der Waals surface area contributed by atoms with E-state index in [9.17, 15) is 8.42 Å². The minimum atomic E-state index is -3.69. The molecule has 3 N–H and O–H groups in total. The zero-order valence-corrected chi connectivity index (χ0v) is 8.63. The Morgan fingerprint density at radius 2 is 2.29 bits per heavy atom. The van der Waals surface area contributed by atoms with Crippen LogP contribution >= 0.6 is 0 Å². The Kier molecular flexibility index (Phi) is 2.09. The number of rotatable bonds is 1. The molecule has 7 heteroatoms. The molecule has 1 aliphatic heterocycles. The van der Waals surface area contributed by atoms with E-state index in [1.54, 1.807) is 11.6 Å². The smallest absolute Gasteiger partial charge is 0.257 e. The van der Waals surface area contributed by atoms with E-state index in [0.29, 0.717) is 18.7 Å².